The first-order valence-electron chi connectivity index (χ1n) is 16.2. The summed E-state index contributed by atoms with van der Waals surface area (Å²) in [4.78, 5) is 9.74. The van der Waals surface area contributed by atoms with Gasteiger partial charge in [-0.3, -0.25) is 0 Å². The number of rotatable bonds is 4. The van der Waals surface area contributed by atoms with Crippen molar-refractivity contribution >= 4 is 92.1 Å². The maximum absolute atomic E-state index is 2.32. The number of hydrogen-bond donors (Lipinski definition) is 0. The molecule has 2 aliphatic heterocycles. The van der Waals surface area contributed by atoms with Crippen molar-refractivity contribution in [3.63, 3.8) is 0 Å². The molecule has 0 aromatic heterocycles. The van der Waals surface area contributed by atoms with Crippen LogP contribution >= 0.6 is 23.5 Å². The zero-order valence-electron chi connectivity index (χ0n) is 26.7. The molecule has 7 aromatic carbocycles. The van der Waals surface area contributed by atoms with Gasteiger partial charge in [-0.2, -0.15) is 0 Å². The molecular weight excluding hydrogens is 621 g/mol. The highest BCUT2D eigenvalue weighted by atomic mass is 32.2. The third-order valence-electron chi connectivity index (χ3n) is 9.48. The van der Waals surface area contributed by atoms with Gasteiger partial charge >= 0.3 is 0 Å². The maximum Gasteiger partial charge on any atom is 0.0550 e. The van der Waals surface area contributed by atoms with Crippen molar-refractivity contribution in [2.75, 3.05) is 23.9 Å². The molecule has 2 nitrogen and oxygen atoms in total. The highest BCUT2D eigenvalue weighted by Gasteiger charge is 2.21. The second-order valence-corrected chi connectivity index (χ2v) is 14.5. The summed E-state index contributed by atoms with van der Waals surface area (Å²) < 4.78 is 0. The zero-order valence-corrected chi connectivity index (χ0v) is 28.4. The van der Waals surface area contributed by atoms with E-state index in [0.717, 1.165) is 0 Å². The molecule has 2 aliphatic rings. The second kappa shape index (κ2) is 11.8. The highest BCUT2D eigenvalue weighted by Crippen LogP contribution is 2.49. The first kappa shape index (κ1) is 29.0. The van der Waals surface area contributed by atoms with Crippen molar-refractivity contribution in [3.8, 4) is 0 Å². The molecular formula is C44H32N2S2. The number of anilines is 4. The topological polar surface area (TPSA) is 6.48 Å². The lowest BCUT2D eigenvalue weighted by molar-refractivity contribution is 1.11. The number of nitrogens with zero attached hydrogens (tertiary/aromatic N) is 2. The Labute approximate surface area is 290 Å². The van der Waals surface area contributed by atoms with Gasteiger partial charge in [-0.25, -0.2) is 0 Å². The molecule has 0 aliphatic carbocycles. The van der Waals surface area contributed by atoms with E-state index in [1.807, 2.05) is 23.5 Å². The predicted octanol–water partition coefficient (Wildman–Crippen LogP) is 12.8. The van der Waals surface area contributed by atoms with Crippen LogP contribution in [0.15, 0.2) is 153 Å². The van der Waals surface area contributed by atoms with Crippen molar-refractivity contribution in [1.82, 2.24) is 0 Å². The lowest BCUT2D eigenvalue weighted by Gasteiger charge is -2.29. The lowest BCUT2D eigenvalue weighted by Crippen LogP contribution is -2.14. The van der Waals surface area contributed by atoms with Crippen LogP contribution < -0.4 is 9.80 Å². The Morgan fingerprint density at radius 1 is 0.375 bits per heavy atom. The van der Waals surface area contributed by atoms with Gasteiger partial charge in [0.05, 0.1) is 22.7 Å². The van der Waals surface area contributed by atoms with E-state index in [-0.39, 0.29) is 0 Å². The standard InChI is InChI=1S/C44H32N2S2/c1-45-37-15-7-9-17-41(37)47-43-27-29(21-25-39(43)45)19-23-35-31-11-3-5-13-33(31)36(34-14-6-4-12-32(34)35)24-20-30-22-26-40-44(28-30)48-42-18-10-8-16-38(42)46(40)2/h3-28H,1-2H3. The smallest absolute Gasteiger partial charge is 0.0550 e. The summed E-state index contributed by atoms with van der Waals surface area (Å²) >= 11 is 3.70. The third kappa shape index (κ3) is 4.92. The quantitative estimate of drug-likeness (QED) is 0.138. The third-order valence-corrected chi connectivity index (χ3v) is 11.7. The maximum atomic E-state index is 2.32. The van der Waals surface area contributed by atoms with Crippen molar-refractivity contribution in [3.05, 3.63) is 156 Å². The second-order valence-electron chi connectivity index (χ2n) is 12.3. The molecule has 0 atom stereocenters. The van der Waals surface area contributed by atoms with Gasteiger partial charge in [0.15, 0.2) is 0 Å². The average molecular weight is 653 g/mol. The minimum Gasteiger partial charge on any atom is -0.343 e. The van der Waals surface area contributed by atoms with Gasteiger partial charge in [0, 0.05) is 33.7 Å². The van der Waals surface area contributed by atoms with Gasteiger partial charge in [-0.1, -0.05) is 133 Å². The lowest BCUT2D eigenvalue weighted by atomic mass is 9.91. The molecule has 0 spiro atoms. The number of benzene rings is 7. The first-order valence-corrected chi connectivity index (χ1v) is 17.8. The summed E-state index contributed by atoms with van der Waals surface area (Å²) in [5.74, 6) is 0. The highest BCUT2D eigenvalue weighted by molar-refractivity contribution is 8.00. The van der Waals surface area contributed by atoms with Gasteiger partial charge in [0.2, 0.25) is 0 Å². The van der Waals surface area contributed by atoms with E-state index in [2.05, 4.69) is 182 Å². The Morgan fingerprint density at radius 2 is 0.729 bits per heavy atom. The number of para-hydroxylation sites is 2. The molecule has 4 heteroatoms. The fourth-order valence-corrected chi connectivity index (χ4v) is 9.43. The molecule has 0 amide bonds. The van der Waals surface area contributed by atoms with Crippen LogP contribution in [0, 0.1) is 0 Å². The van der Waals surface area contributed by atoms with Crippen LogP contribution in [0.3, 0.4) is 0 Å². The molecule has 0 saturated heterocycles. The Balaban J connectivity index is 1.09. The molecule has 0 radical (unpaired) electrons. The Kier molecular flexibility index (Phi) is 7.14. The van der Waals surface area contributed by atoms with Gasteiger partial charge in [0.25, 0.3) is 0 Å². The predicted molar refractivity (Wildman–Crippen MR) is 209 cm³/mol. The monoisotopic (exact) mass is 652 g/mol. The van der Waals surface area contributed by atoms with E-state index in [9.17, 15) is 0 Å². The fourth-order valence-electron chi connectivity index (χ4n) is 7.04. The zero-order chi connectivity index (χ0) is 32.2. The number of fused-ring (bicyclic) bond motifs is 6. The summed E-state index contributed by atoms with van der Waals surface area (Å²) in [6.07, 6.45) is 9.15. The van der Waals surface area contributed by atoms with E-state index in [0.29, 0.717) is 0 Å². The Hall–Kier alpha value is -5.16. The minimum absolute atomic E-state index is 1.20. The molecule has 0 fully saturated rings. The van der Waals surface area contributed by atoms with E-state index >= 15 is 0 Å². The van der Waals surface area contributed by atoms with Crippen LogP contribution in [0.2, 0.25) is 0 Å². The van der Waals surface area contributed by atoms with Crippen LogP contribution in [0.4, 0.5) is 22.7 Å². The van der Waals surface area contributed by atoms with Crippen LogP contribution in [0.5, 0.6) is 0 Å². The molecule has 0 N–H and O–H groups in total. The summed E-state index contributed by atoms with van der Waals surface area (Å²) in [6, 6.07) is 48.5. The summed E-state index contributed by atoms with van der Waals surface area (Å²) in [5, 5.41) is 5.03. The molecule has 0 bridgehead atoms. The van der Waals surface area contributed by atoms with Gasteiger partial charge < -0.3 is 9.80 Å². The molecule has 0 saturated carbocycles. The minimum atomic E-state index is 1.20. The van der Waals surface area contributed by atoms with Gasteiger partial charge in [0.1, 0.15) is 0 Å². The Morgan fingerprint density at radius 3 is 1.15 bits per heavy atom. The summed E-state index contributed by atoms with van der Waals surface area (Å²) in [5.41, 5.74) is 9.91. The summed E-state index contributed by atoms with van der Waals surface area (Å²) in [7, 11) is 4.31. The van der Waals surface area contributed by atoms with Crippen LogP contribution in [0.1, 0.15) is 22.3 Å². The molecule has 9 rings (SSSR count). The molecule has 0 unspecified atom stereocenters. The first-order chi connectivity index (χ1) is 23.6. The Bertz CT molecular complexity index is 2230. The van der Waals surface area contributed by atoms with E-state index in [1.165, 1.54) is 86.1 Å². The largest absolute Gasteiger partial charge is 0.343 e. The molecule has 48 heavy (non-hydrogen) atoms. The van der Waals surface area contributed by atoms with Crippen molar-refractivity contribution in [1.29, 1.82) is 0 Å². The van der Waals surface area contributed by atoms with Crippen molar-refractivity contribution < 1.29 is 0 Å². The van der Waals surface area contributed by atoms with E-state index in [1.54, 1.807) is 0 Å². The van der Waals surface area contributed by atoms with Crippen LogP contribution in [0.25, 0.3) is 45.8 Å². The van der Waals surface area contributed by atoms with Crippen LogP contribution in [-0.2, 0) is 0 Å². The van der Waals surface area contributed by atoms with Crippen LogP contribution in [-0.4, -0.2) is 14.1 Å². The summed E-state index contributed by atoms with van der Waals surface area (Å²) in [6.45, 7) is 0. The fraction of sp³-hybridized carbons (Fsp3) is 0.0455. The SMILES string of the molecule is CN1c2ccccc2Sc2cc(C=Cc3c4ccccc4c(C=Cc4ccc5c(c4)Sc4ccccc4N5C)c4ccccc34)ccc21. The number of hydrogen-bond acceptors (Lipinski definition) is 4. The van der Waals surface area contributed by atoms with E-state index < -0.39 is 0 Å². The normalized spacial score (nSPS) is 13.6. The average Bonchev–Trinajstić information content (AvgIpc) is 3.13. The van der Waals surface area contributed by atoms with E-state index in [4.69, 9.17) is 0 Å². The molecule has 2 heterocycles. The molecule has 7 aromatic rings. The van der Waals surface area contributed by atoms with Crippen molar-refractivity contribution in [2.45, 2.75) is 19.6 Å². The van der Waals surface area contributed by atoms with Gasteiger partial charge in [-0.05, 0) is 92.3 Å². The van der Waals surface area contributed by atoms with Gasteiger partial charge in [-0.15, -0.1) is 0 Å². The molecule has 230 valence electrons. The van der Waals surface area contributed by atoms with Crippen molar-refractivity contribution in [2.24, 2.45) is 0 Å².